The molecule has 1 N–H and O–H groups in total. The quantitative estimate of drug-likeness (QED) is 0.364. The number of nitro benzene ring substituents is 1. The molecule has 2 amide bonds. The molecular weight excluding hydrogens is 444 g/mol. The smallest absolute Gasteiger partial charge is 0.302 e. The van der Waals surface area contributed by atoms with Crippen molar-refractivity contribution in [3.8, 4) is 11.3 Å². The van der Waals surface area contributed by atoms with Gasteiger partial charge in [-0.15, -0.1) is 11.3 Å². The number of rotatable bonds is 6. The van der Waals surface area contributed by atoms with Crippen LogP contribution in [0.1, 0.15) is 13.3 Å². The molecular formula is C19H17BrN4O3S. The number of carbonyl (C=O) groups excluding carboxylic acids is 1. The van der Waals surface area contributed by atoms with Gasteiger partial charge < -0.3 is 5.32 Å². The molecule has 0 aliphatic rings. The predicted molar refractivity (Wildman–Crippen MR) is 115 cm³/mol. The van der Waals surface area contributed by atoms with E-state index in [0.29, 0.717) is 11.7 Å². The molecule has 7 nitrogen and oxygen atoms in total. The lowest BCUT2D eigenvalue weighted by atomic mass is 10.2. The fourth-order valence-corrected chi connectivity index (χ4v) is 3.86. The molecule has 0 saturated heterocycles. The van der Waals surface area contributed by atoms with Gasteiger partial charge in [-0.2, -0.15) is 0 Å². The van der Waals surface area contributed by atoms with Gasteiger partial charge in [0.2, 0.25) is 0 Å². The number of nitrogens with one attached hydrogen (secondary N) is 1. The van der Waals surface area contributed by atoms with Crippen LogP contribution in [0.3, 0.4) is 0 Å². The van der Waals surface area contributed by atoms with E-state index >= 15 is 0 Å². The van der Waals surface area contributed by atoms with Gasteiger partial charge in [0, 0.05) is 28.0 Å². The Balaban J connectivity index is 1.86. The number of amides is 2. The zero-order valence-corrected chi connectivity index (χ0v) is 17.4. The number of nitro groups is 1. The Kier molecular flexibility index (Phi) is 6.37. The molecule has 1 heterocycles. The summed E-state index contributed by atoms with van der Waals surface area (Å²) in [6, 6.07) is 13.4. The largest absolute Gasteiger partial charge is 0.328 e. The average Bonchev–Trinajstić information content (AvgIpc) is 3.16. The van der Waals surface area contributed by atoms with Gasteiger partial charge in [0.1, 0.15) is 5.69 Å². The molecule has 3 rings (SSSR count). The first-order valence-electron chi connectivity index (χ1n) is 8.53. The number of thiazole rings is 1. The van der Waals surface area contributed by atoms with Crippen LogP contribution in [0.4, 0.5) is 21.3 Å². The molecule has 2 aromatic carbocycles. The fraction of sp³-hybridized carbons (Fsp3) is 0.158. The number of urea groups is 1. The lowest BCUT2D eigenvalue weighted by Gasteiger charge is -2.19. The Hall–Kier alpha value is -2.78. The first-order valence-corrected chi connectivity index (χ1v) is 10.2. The Morgan fingerprint density at radius 3 is 2.79 bits per heavy atom. The van der Waals surface area contributed by atoms with Crippen LogP contribution in [0.15, 0.2) is 58.4 Å². The number of carbonyl (C=O) groups is 1. The summed E-state index contributed by atoms with van der Waals surface area (Å²) in [5.74, 6) is 0. The van der Waals surface area contributed by atoms with Gasteiger partial charge in [-0.25, -0.2) is 9.78 Å². The van der Waals surface area contributed by atoms with Gasteiger partial charge >= 0.3 is 6.03 Å². The number of halogens is 1. The highest BCUT2D eigenvalue weighted by molar-refractivity contribution is 9.10. The fourth-order valence-electron chi connectivity index (χ4n) is 2.60. The summed E-state index contributed by atoms with van der Waals surface area (Å²) in [5.41, 5.74) is 1.71. The van der Waals surface area contributed by atoms with Crippen molar-refractivity contribution in [3.05, 3.63) is 68.5 Å². The molecule has 0 spiro atoms. The number of hydrogen-bond acceptors (Lipinski definition) is 5. The Morgan fingerprint density at radius 2 is 2.07 bits per heavy atom. The van der Waals surface area contributed by atoms with Gasteiger partial charge in [-0.1, -0.05) is 47.1 Å². The van der Waals surface area contributed by atoms with Gasteiger partial charge in [-0.05, 0) is 24.6 Å². The van der Waals surface area contributed by atoms with Crippen molar-refractivity contribution in [1.82, 2.24) is 4.98 Å². The van der Waals surface area contributed by atoms with Gasteiger partial charge in [0.15, 0.2) is 5.13 Å². The maximum Gasteiger partial charge on any atom is 0.328 e. The minimum absolute atomic E-state index is 0.152. The molecule has 0 saturated carbocycles. The minimum atomic E-state index is -0.519. The topological polar surface area (TPSA) is 88.4 Å². The van der Waals surface area contributed by atoms with E-state index in [1.165, 1.54) is 28.4 Å². The number of aromatic nitrogens is 1. The second-order valence-electron chi connectivity index (χ2n) is 5.88. The highest BCUT2D eigenvalue weighted by Crippen LogP contribution is 2.30. The SMILES string of the molecule is CCCN(C(=O)Nc1ccccc1[N+](=O)[O-])c1nc(-c2cccc(Br)c2)cs1. The predicted octanol–water partition coefficient (Wildman–Crippen LogP) is 5.93. The van der Waals surface area contributed by atoms with Crippen molar-refractivity contribution in [2.24, 2.45) is 0 Å². The molecule has 0 aliphatic heterocycles. The molecule has 0 unspecified atom stereocenters. The summed E-state index contributed by atoms with van der Waals surface area (Å²) < 4.78 is 0.944. The normalized spacial score (nSPS) is 10.5. The van der Waals surface area contributed by atoms with E-state index in [-0.39, 0.29) is 11.4 Å². The van der Waals surface area contributed by atoms with Crippen LogP contribution >= 0.6 is 27.3 Å². The summed E-state index contributed by atoms with van der Waals surface area (Å²) >= 11 is 4.80. The number of para-hydroxylation sites is 2. The molecule has 3 aromatic rings. The van der Waals surface area contributed by atoms with Crippen LogP contribution < -0.4 is 10.2 Å². The molecule has 0 fully saturated rings. The van der Waals surface area contributed by atoms with Crippen molar-refractivity contribution < 1.29 is 9.72 Å². The molecule has 0 atom stereocenters. The molecule has 0 aliphatic carbocycles. The van der Waals surface area contributed by atoms with Crippen LogP contribution in [0.5, 0.6) is 0 Å². The van der Waals surface area contributed by atoms with Gasteiger partial charge in [0.25, 0.3) is 5.69 Å². The van der Waals surface area contributed by atoms with Gasteiger partial charge in [0.05, 0.1) is 10.6 Å². The molecule has 28 heavy (non-hydrogen) atoms. The number of anilines is 2. The van der Waals surface area contributed by atoms with E-state index in [1.54, 1.807) is 12.1 Å². The van der Waals surface area contributed by atoms with E-state index in [0.717, 1.165) is 22.2 Å². The second-order valence-corrected chi connectivity index (χ2v) is 7.63. The van der Waals surface area contributed by atoms with E-state index in [9.17, 15) is 14.9 Å². The van der Waals surface area contributed by atoms with E-state index in [4.69, 9.17) is 0 Å². The summed E-state index contributed by atoms with van der Waals surface area (Å²) in [7, 11) is 0. The summed E-state index contributed by atoms with van der Waals surface area (Å²) in [5, 5.41) is 16.2. The summed E-state index contributed by atoms with van der Waals surface area (Å²) in [6.07, 6.45) is 0.718. The highest BCUT2D eigenvalue weighted by atomic mass is 79.9. The summed E-state index contributed by atoms with van der Waals surface area (Å²) in [6.45, 7) is 2.39. The lowest BCUT2D eigenvalue weighted by Crippen LogP contribution is -2.35. The molecule has 0 bridgehead atoms. The van der Waals surface area contributed by atoms with Gasteiger partial charge in [-0.3, -0.25) is 15.0 Å². The maximum atomic E-state index is 12.8. The van der Waals surface area contributed by atoms with Crippen molar-refractivity contribution in [3.63, 3.8) is 0 Å². The van der Waals surface area contributed by atoms with Crippen LogP contribution in [0.2, 0.25) is 0 Å². The van der Waals surface area contributed by atoms with Crippen LogP contribution in [0, 0.1) is 10.1 Å². The van der Waals surface area contributed by atoms with E-state index in [2.05, 4.69) is 26.2 Å². The molecule has 9 heteroatoms. The Labute approximate surface area is 174 Å². The molecule has 144 valence electrons. The monoisotopic (exact) mass is 460 g/mol. The molecule has 1 aromatic heterocycles. The third-order valence-corrected chi connectivity index (χ3v) is 5.23. The van der Waals surface area contributed by atoms with Crippen molar-refractivity contribution in [1.29, 1.82) is 0 Å². The van der Waals surface area contributed by atoms with Crippen molar-refractivity contribution in [2.45, 2.75) is 13.3 Å². The first-order chi connectivity index (χ1) is 13.5. The van der Waals surface area contributed by atoms with Crippen molar-refractivity contribution >= 4 is 49.8 Å². The van der Waals surface area contributed by atoms with E-state index < -0.39 is 11.0 Å². The van der Waals surface area contributed by atoms with Crippen LogP contribution in [-0.2, 0) is 0 Å². The first kappa shape index (κ1) is 20.0. The Bertz CT molecular complexity index is 1010. The highest BCUT2D eigenvalue weighted by Gasteiger charge is 2.22. The third-order valence-electron chi connectivity index (χ3n) is 3.88. The van der Waals surface area contributed by atoms with E-state index in [1.807, 2.05) is 36.6 Å². The summed E-state index contributed by atoms with van der Waals surface area (Å²) in [4.78, 5) is 29.6. The average molecular weight is 461 g/mol. The zero-order chi connectivity index (χ0) is 20.1. The maximum absolute atomic E-state index is 12.8. The standard InChI is InChI=1S/C19H17BrN4O3S/c1-2-10-23(18(25)21-15-8-3-4-9-17(15)24(26)27)19-22-16(12-28-19)13-6-5-7-14(20)11-13/h3-9,11-12H,2,10H2,1H3,(H,21,25). The minimum Gasteiger partial charge on any atom is -0.302 e. The lowest BCUT2D eigenvalue weighted by molar-refractivity contribution is -0.383. The number of hydrogen-bond donors (Lipinski definition) is 1. The Morgan fingerprint density at radius 1 is 1.29 bits per heavy atom. The van der Waals surface area contributed by atoms with Crippen LogP contribution in [0.25, 0.3) is 11.3 Å². The number of nitrogens with zero attached hydrogens (tertiary/aromatic N) is 3. The number of benzene rings is 2. The third kappa shape index (κ3) is 4.55. The van der Waals surface area contributed by atoms with Crippen LogP contribution in [-0.4, -0.2) is 22.5 Å². The second kappa shape index (κ2) is 8.94. The zero-order valence-electron chi connectivity index (χ0n) is 15.0. The molecule has 0 radical (unpaired) electrons. The van der Waals surface area contributed by atoms with Crippen molar-refractivity contribution in [2.75, 3.05) is 16.8 Å².